The molecule has 0 saturated heterocycles. The third kappa shape index (κ3) is 1.98. The van der Waals surface area contributed by atoms with Gasteiger partial charge in [0, 0.05) is 0 Å². The lowest BCUT2D eigenvalue weighted by molar-refractivity contribution is 0.613. The molecule has 14 heavy (non-hydrogen) atoms. The highest BCUT2D eigenvalue weighted by molar-refractivity contribution is 7.71. The van der Waals surface area contributed by atoms with Crippen LogP contribution in [0.3, 0.4) is 0 Å². The second-order valence-corrected chi connectivity index (χ2v) is 4.78. The molecule has 2 rings (SSSR count). The Kier molecular flexibility index (Phi) is 2.59. The van der Waals surface area contributed by atoms with Gasteiger partial charge in [-0.05, 0) is 48.4 Å². The Morgan fingerprint density at radius 1 is 1.50 bits per heavy atom. The molecule has 0 heterocycles. The van der Waals surface area contributed by atoms with E-state index in [2.05, 4.69) is 6.07 Å². The zero-order chi connectivity index (χ0) is 10.1. The molecule has 1 aromatic carbocycles. The van der Waals surface area contributed by atoms with Gasteiger partial charge in [-0.25, -0.2) is 8.42 Å². The fourth-order valence-electron chi connectivity index (χ4n) is 1.78. The number of hydrogen-bond acceptors (Lipinski definition) is 2. The summed E-state index contributed by atoms with van der Waals surface area (Å²) in [6.45, 7) is 1.93. The van der Waals surface area contributed by atoms with Crippen LogP contribution in [0, 0.1) is 13.0 Å². The molecule has 1 aliphatic rings. The molecule has 2 nitrogen and oxygen atoms in total. The summed E-state index contributed by atoms with van der Waals surface area (Å²) in [5, 5.41) is 0. The first kappa shape index (κ1) is 9.71. The molecule has 1 aromatic rings. The topological polar surface area (TPSA) is 34.1 Å². The lowest BCUT2D eigenvalue weighted by Gasteiger charge is -2.08. The molecule has 0 N–H and O–H groups in total. The Hall–Kier alpha value is -0.830. The van der Waals surface area contributed by atoms with Crippen molar-refractivity contribution in [3.05, 3.63) is 34.9 Å². The molecule has 3 heteroatoms. The minimum atomic E-state index is -2.33. The number of aryl methyl sites for hydroxylation is 1. The number of benzene rings is 1. The van der Waals surface area contributed by atoms with E-state index in [4.69, 9.17) is 0 Å². The van der Waals surface area contributed by atoms with Crippen LogP contribution < -0.4 is 0 Å². The third-order valence-corrected chi connectivity index (χ3v) is 3.24. The maximum absolute atomic E-state index is 10.7. The van der Waals surface area contributed by atoms with Crippen molar-refractivity contribution in [3.63, 3.8) is 0 Å². The highest BCUT2D eigenvalue weighted by atomic mass is 32.2. The van der Waals surface area contributed by atoms with E-state index in [0.717, 1.165) is 11.1 Å². The van der Waals surface area contributed by atoms with Crippen LogP contribution in [0.2, 0.25) is 0 Å². The van der Waals surface area contributed by atoms with Crippen molar-refractivity contribution in [3.8, 4) is 0 Å². The molecule has 75 valence electrons. The zero-order valence-electron chi connectivity index (χ0n) is 8.12. The average molecular weight is 209 g/mol. The summed E-state index contributed by atoms with van der Waals surface area (Å²) in [5.41, 5.74) is 3.18. The number of thiol groups is 1. The summed E-state index contributed by atoms with van der Waals surface area (Å²) in [5.74, 6) is 0.776. The summed E-state index contributed by atoms with van der Waals surface area (Å²) < 4.78 is 21.5. The fourth-order valence-corrected chi connectivity index (χ4v) is 2.45. The van der Waals surface area contributed by atoms with Crippen LogP contribution in [0.15, 0.2) is 12.1 Å². The predicted molar refractivity (Wildman–Crippen MR) is 56.0 cm³/mol. The normalized spacial score (nSPS) is 16.1. The minimum Gasteiger partial charge on any atom is -0.232 e. The fraction of sp³-hybridized carbons (Fsp3) is 0.455. The maximum atomic E-state index is 10.7. The molecular weight excluding hydrogens is 196 g/mol. The van der Waals surface area contributed by atoms with Crippen molar-refractivity contribution in [2.24, 2.45) is 0 Å². The van der Waals surface area contributed by atoms with Gasteiger partial charge in [0.25, 0.3) is 0 Å². The molecular formula is C11H13O2S. The molecule has 0 atom stereocenters. The molecule has 0 amide bonds. The summed E-state index contributed by atoms with van der Waals surface area (Å²) in [4.78, 5) is 0. The van der Waals surface area contributed by atoms with Gasteiger partial charge in [-0.15, -0.1) is 0 Å². The molecule has 0 bridgehead atoms. The first-order valence-electron chi connectivity index (χ1n) is 4.80. The van der Waals surface area contributed by atoms with Crippen molar-refractivity contribution in [1.82, 2.24) is 0 Å². The highest BCUT2D eigenvalue weighted by Gasteiger charge is 2.26. The minimum absolute atomic E-state index is 0.171. The van der Waals surface area contributed by atoms with Gasteiger partial charge in [0.2, 0.25) is 0 Å². The summed E-state index contributed by atoms with van der Waals surface area (Å²) in [6.07, 6.45) is 2.40. The van der Waals surface area contributed by atoms with E-state index in [1.165, 1.54) is 18.4 Å². The van der Waals surface area contributed by atoms with Crippen molar-refractivity contribution < 1.29 is 8.42 Å². The van der Waals surface area contributed by atoms with Gasteiger partial charge in [-0.3, -0.25) is 0 Å². The monoisotopic (exact) mass is 209 g/mol. The first-order chi connectivity index (χ1) is 6.68. The van der Waals surface area contributed by atoms with Crippen LogP contribution in [0.25, 0.3) is 0 Å². The van der Waals surface area contributed by atoms with Gasteiger partial charge in [-0.2, -0.15) is 0 Å². The summed E-state index contributed by atoms with van der Waals surface area (Å²) in [6, 6.07) is 6.97. The smallest absolute Gasteiger partial charge is 0.144 e. The van der Waals surface area contributed by atoms with Gasteiger partial charge >= 0.3 is 0 Å². The van der Waals surface area contributed by atoms with Crippen LogP contribution in [0.4, 0.5) is 0 Å². The van der Waals surface area contributed by atoms with Gasteiger partial charge < -0.3 is 0 Å². The van der Waals surface area contributed by atoms with Crippen LogP contribution >= 0.6 is 0 Å². The van der Waals surface area contributed by atoms with Gasteiger partial charge in [0.15, 0.2) is 0 Å². The Morgan fingerprint density at radius 2 is 2.21 bits per heavy atom. The molecule has 0 aromatic heterocycles. The Labute approximate surface area is 85.9 Å². The standard InChI is InChI=1S/C11H13O2S/c1-8-3-2-4-10(9-5-6-9)11(8)7-14(12)13/h2,4,9,14H,5-7H2,1H3. The van der Waals surface area contributed by atoms with Gasteiger partial charge in [-0.1, -0.05) is 12.1 Å². The second-order valence-electron chi connectivity index (χ2n) is 3.80. The largest absolute Gasteiger partial charge is 0.232 e. The Morgan fingerprint density at radius 3 is 2.79 bits per heavy atom. The molecule has 1 aliphatic carbocycles. The predicted octanol–water partition coefficient (Wildman–Crippen LogP) is 1.78. The molecule has 1 radical (unpaired) electrons. The first-order valence-corrected chi connectivity index (χ1v) is 6.16. The van der Waals surface area contributed by atoms with Gasteiger partial charge in [0.1, 0.15) is 10.7 Å². The van der Waals surface area contributed by atoms with Crippen LogP contribution in [-0.2, 0) is 16.5 Å². The SMILES string of the molecule is Cc1[c]ccc(C2CC2)c1C[SH](=O)=O. The molecule has 1 saturated carbocycles. The highest BCUT2D eigenvalue weighted by Crippen LogP contribution is 2.42. The van der Waals surface area contributed by atoms with E-state index >= 15 is 0 Å². The molecule has 0 aliphatic heterocycles. The van der Waals surface area contributed by atoms with E-state index in [-0.39, 0.29) is 5.75 Å². The van der Waals surface area contributed by atoms with Crippen LogP contribution in [0.1, 0.15) is 35.4 Å². The van der Waals surface area contributed by atoms with E-state index in [0.29, 0.717) is 5.92 Å². The van der Waals surface area contributed by atoms with Crippen LogP contribution in [-0.4, -0.2) is 8.42 Å². The zero-order valence-corrected chi connectivity index (χ0v) is 9.01. The van der Waals surface area contributed by atoms with Crippen molar-refractivity contribution in [1.29, 1.82) is 0 Å². The Balaban J connectivity index is 2.42. The molecule has 0 unspecified atom stereocenters. The number of rotatable bonds is 3. The third-order valence-electron chi connectivity index (χ3n) is 2.67. The van der Waals surface area contributed by atoms with Gasteiger partial charge in [0.05, 0.1) is 5.75 Å². The summed E-state index contributed by atoms with van der Waals surface area (Å²) in [7, 11) is -2.33. The summed E-state index contributed by atoms with van der Waals surface area (Å²) >= 11 is 0. The van der Waals surface area contributed by atoms with E-state index < -0.39 is 10.7 Å². The van der Waals surface area contributed by atoms with Crippen molar-refractivity contribution in [2.45, 2.75) is 31.4 Å². The van der Waals surface area contributed by atoms with E-state index in [1.54, 1.807) is 0 Å². The lowest BCUT2D eigenvalue weighted by Crippen LogP contribution is -1.97. The van der Waals surface area contributed by atoms with Crippen molar-refractivity contribution >= 4 is 10.7 Å². The van der Waals surface area contributed by atoms with Crippen LogP contribution in [0.5, 0.6) is 0 Å². The average Bonchev–Trinajstić information content (AvgIpc) is 2.90. The van der Waals surface area contributed by atoms with E-state index in [9.17, 15) is 8.42 Å². The maximum Gasteiger partial charge on any atom is 0.144 e. The lowest BCUT2D eigenvalue weighted by atomic mass is 10.00. The van der Waals surface area contributed by atoms with Crippen molar-refractivity contribution in [2.75, 3.05) is 0 Å². The molecule has 0 spiro atoms. The quantitative estimate of drug-likeness (QED) is 0.770. The molecule has 1 fully saturated rings. The second kappa shape index (κ2) is 3.73. The van der Waals surface area contributed by atoms with E-state index in [1.807, 2.05) is 19.1 Å². The number of hydrogen-bond donors (Lipinski definition) is 1. The Bertz CT molecular complexity index is 409.